The van der Waals surface area contributed by atoms with E-state index in [1.165, 1.54) is 47.0 Å². The van der Waals surface area contributed by atoms with Gasteiger partial charge in [-0.25, -0.2) is 0 Å². The summed E-state index contributed by atoms with van der Waals surface area (Å²) in [5.41, 5.74) is 5.62. The monoisotopic (exact) mass is 228 g/mol. The molecule has 0 aliphatic heterocycles. The summed E-state index contributed by atoms with van der Waals surface area (Å²) in [6.07, 6.45) is 3.75. The molecule has 0 radical (unpaired) electrons. The number of fused-ring (bicyclic) bond motifs is 3. The third-order valence-electron chi connectivity index (χ3n) is 3.79. The molecule has 3 rings (SSSR count). The number of aromatic amines is 1. The van der Waals surface area contributed by atoms with Crippen LogP contribution in [0.15, 0.2) is 18.2 Å². The quantitative estimate of drug-likeness (QED) is 0.809. The van der Waals surface area contributed by atoms with Gasteiger partial charge in [0.2, 0.25) is 0 Å². The molecule has 1 aromatic carbocycles. The van der Waals surface area contributed by atoms with E-state index in [2.05, 4.69) is 42.3 Å². The summed E-state index contributed by atoms with van der Waals surface area (Å²) >= 11 is 0. The summed E-state index contributed by atoms with van der Waals surface area (Å²) in [5.74, 6) is 0. The Labute approximate surface area is 102 Å². The number of hydrogen-bond acceptors (Lipinski definition) is 1. The molecule has 0 saturated heterocycles. The molecule has 0 fully saturated rings. The summed E-state index contributed by atoms with van der Waals surface area (Å²) in [7, 11) is 0. The van der Waals surface area contributed by atoms with Crippen LogP contribution >= 0.6 is 0 Å². The Morgan fingerprint density at radius 1 is 1.41 bits per heavy atom. The lowest BCUT2D eigenvalue weighted by atomic mass is 9.90. The number of hydrogen-bond donors (Lipinski definition) is 2. The van der Waals surface area contributed by atoms with Crippen LogP contribution < -0.4 is 5.32 Å². The lowest BCUT2D eigenvalue weighted by Crippen LogP contribution is -2.24. The largest absolute Gasteiger partial charge is 0.358 e. The van der Waals surface area contributed by atoms with Crippen LogP contribution in [-0.2, 0) is 6.42 Å². The zero-order chi connectivity index (χ0) is 11.8. The second kappa shape index (κ2) is 4.19. The highest BCUT2D eigenvalue weighted by molar-refractivity contribution is 5.86. The molecule has 90 valence electrons. The third-order valence-corrected chi connectivity index (χ3v) is 3.79. The van der Waals surface area contributed by atoms with Gasteiger partial charge in [0.15, 0.2) is 0 Å². The molecule has 2 N–H and O–H groups in total. The van der Waals surface area contributed by atoms with Crippen molar-refractivity contribution in [3.05, 3.63) is 35.0 Å². The Kier molecular flexibility index (Phi) is 2.67. The predicted molar refractivity (Wildman–Crippen MR) is 72.4 cm³/mol. The van der Waals surface area contributed by atoms with E-state index in [4.69, 9.17) is 0 Å². The van der Waals surface area contributed by atoms with Crippen LogP contribution in [0.1, 0.15) is 42.6 Å². The average molecular weight is 228 g/mol. The first-order chi connectivity index (χ1) is 8.29. The van der Waals surface area contributed by atoms with E-state index in [1.54, 1.807) is 0 Å². The molecule has 0 spiro atoms. The van der Waals surface area contributed by atoms with E-state index in [0.717, 1.165) is 6.54 Å². The normalized spacial score (nSPS) is 19.5. The Morgan fingerprint density at radius 2 is 2.29 bits per heavy atom. The van der Waals surface area contributed by atoms with Gasteiger partial charge in [0.05, 0.1) is 0 Å². The maximum Gasteiger partial charge on any atom is 0.0459 e. The summed E-state index contributed by atoms with van der Waals surface area (Å²) in [5, 5.41) is 5.04. The standard InChI is InChI=1S/C15H20N2/c1-3-16-13-5-4-6-14-15(13)11-9-10(2)7-8-12(11)17-14/h7-9,13,16-17H,3-6H2,1-2H3. The summed E-state index contributed by atoms with van der Waals surface area (Å²) < 4.78 is 0. The van der Waals surface area contributed by atoms with E-state index in [9.17, 15) is 0 Å². The molecule has 0 bridgehead atoms. The maximum atomic E-state index is 3.62. The highest BCUT2D eigenvalue weighted by Gasteiger charge is 2.23. The van der Waals surface area contributed by atoms with Gasteiger partial charge in [0.25, 0.3) is 0 Å². The fourth-order valence-electron chi connectivity index (χ4n) is 3.06. The Bertz CT molecular complexity index is 539. The highest BCUT2D eigenvalue weighted by Crippen LogP contribution is 2.35. The van der Waals surface area contributed by atoms with Crippen LogP contribution in [0.5, 0.6) is 0 Å². The zero-order valence-electron chi connectivity index (χ0n) is 10.6. The molecule has 1 aliphatic rings. The van der Waals surface area contributed by atoms with Crippen molar-refractivity contribution < 1.29 is 0 Å². The van der Waals surface area contributed by atoms with Crippen molar-refractivity contribution in [2.75, 3.05) is 6.54 Å². The SMILES string of the molecule is CCNC1CCCc2[nH]c3ccc(C)cc3c21. The molecule has 1 atom stereocenters. The van der Waals surface area contributed by atoms with E-state index < -0.39 is 0 Å². The number of aromatic nitrogens is 1. The summed E-state index contributed by atoms with van der Waals surface area (Å²) in [4.78, 5) is 3.59. The lowest BCUT2D eigenvalue weighted by Gasteiger charge is -2.23. The van der Waals surface area contributed by atoms with Gasteiger partial charge in [-0.2, -0.15) is 0 Å². The number of benzene rings is 1. The fourth-order valence-corrected chi connectivity index (χ4v) is 3.06. The van der Waals surface area contributed by atoms with Crippen molar-refractivity contribution in [3.63, 3.8) is 0 Å². The first-order valence-corrected chi connectivity index (χ1v) is 6.64. The van der Waals surface area contributed by atoms with E-state index in [0.29, 0.717) is 6.04 Å². The Morgan fingerprint density at radius 3 is 3.12 bits per heavy atom. The van der Waals surface area contributed by atoms with Gasteiger partial charge in [-0.05, 0) is 50.4 Å². The van der Waals surface area contributed by atoms with Gasteiger partial charge in [-0.15, -0.1) is 0 Å². The van der Waals surface area contributed by atoms with Crippen LogP contribution in [0.25, 0.3) is 10.9 Å². The molecule has 17 heavy (non-hydrogen) atoms. The van der Waals surface area contributed by atoms with Gasteiger partial charge >= 0.3 is 0 Å². The molecular formula is C15H20N2. The minimum atomic E-state index is 0.541. The number of nitrogens with one attached hydrogen (secondary N) is 2. The van der Waals surface area contributed by atoms with Crippen molar-refractivity contribution in [2.45, 2.75) is 39.2 Å². The van der Waals surface area contributed by atoms with Gasteiger partial charge in [0, 0.05) is 22.6 Å². The second-order valence-corrected chi connectivity index (χ2v) is 5.07. The van der Waals surface area contributed by atoms with Crippen LogP contribution in [-0.4, -0.2) is 11.5 Å². The van der Waals surface area contributed by atoms with Gasteiger partial charge in [-0.1, -0.05) is 18.6 Å². The molecule has 0 amide bonds. The third kappa shape index (κ3) is 1.77. The molecule has 2 heteroatoms. The molecular weight excluding hydrogens is 208 g/mol. The average Bonchev–Trinajstić information content (AvgIpc) is 2.68. The smallest absolute Gasteiger partial charge is 0.0459 e. The fraction of sp³-hybridized carbons (Fsp3) is 0.467. The van der Waals surface area contributed by atoms with Crippen molar-refractivity contribution in [3.8, 4) is 0 Å². The van der Waals surface area contributed by atoms with Crippen LogP contribution in [0.3, 0.4) is 0 Å². The molecule has 0 saturated carbocycles. The summed E-state index contributed by atoms with van der Waals surface area (Å²) in [6.45, 7) is 5.40. The second-order valence-electron chi connectivity index (χ2n) is 5.07. The topological polar surface area (TPSA) is 27.8 Å². The first kappa shape index (κ1) is 10.8. The van der Waals surface area contributed by atoms with Gasteiger partial charge in [0.1, 0.15) is 0 Å². The van der Waals surface area contributed by atoms with Crippen molar-refractivity contribution >= 4 is 10.9 Å². The van der Waals surface area contributed by atoms with Crippen molar-refractivity contribution in [1.29, 1.82) is 0 Å². The van der Waals surface area contributed by atoms with Crippen molar-refractivity contribution in [1.82, 2.24) is 10.3 Å². The molecule has 1 aromatic heterocycles. The van der Waals surface area contributed by atoms with Gasteiger partial charge < -0.3 is 10.3 Å². The van der Waals surface area contributed by atoms with Crippen LogP contribution in [0.4, 0.5) is 0 Å². The van der Waals surface area contributed by atoms with Gasteiger partial charge in [-0.3, -0.25) is 0 Å². The number of H-pyrrole nitrogens is 1. The highest BCUT2D eigenvalue weighted by atomic mass is 14.9. The zero-order valence-corrected chi connectivity index (χ0v) is 10.6. The predicted octanol–water partition coefficient (Wildman–Crippen LogP) is 3.46. The molecule has 2 nitrogen and oxygen atoms in total. The Hall–Kier alpha value is -1.28. The minimum absolute atomic E-state index is 0.541. The van der Waals surface area contributed by atoms with Crippen molar-refractivity contribution in [2.24, 2.45) is 0 Å². The van der Waals surface area contributed by atoms with Crippen LogP contribution in [0, 0.1) is 6.92 Å². The Balaban J connectivity index is 2.18. The number of rotatable bonds is 2. The van der Waals surface area contributed by atoms with Crippen LogP contribution in [0.2, 0.25) is 0 Å². The number of aryl methyl sites for hydroxylation is 2. The lowest BCUT2D eigenvalue weighted by molar-refractivity contribution is 0.473. The molecule has 1 unspecified atom stereocenters. The first-order valence-electron chi connectivity index (χ1n) is 6.64. The molecule has 1 aliphatic carbocycles. The molecule has 1 heterocycles. The van der Waals surface area contributed by atoms with E-state index >= 15 is 0 Å². The summed E-state index contributed by atoms with van der Waals surface area (Å²) in [6, 6.07) is 7.26. The maximum absolute atomic E-state index is 3.62. The minimum Gasteiger partial charge on any atom is -0.358 e. The molecule has 2 aromatic rings. The van der Waals surface area contributed by atoms with E-state index in [1.807, 2.05) is 0 Å². The van der Waals surface area contributed by atoms with E-state index in [-0.39, 0.29) is 0 Å².